The van der Waals surface area contributed by atoms with E-state index >= 15 is 0 Å². The number of hydrogen-bond donors (Lipinski definition) is 0. The molecule has 11 heavy (non-hydrogen) atoms. The minimum absolute atomic E-state index is 0.0476. The van der Waals surface area contributed by atoms with E-state index in [2.05, 4.69) is 36.6 Å². The van der Waals surface area contributed by atoms with Crippen LogP contribution in [0.4, 0.5) is 0 Å². The zero-order valence-corrected chi connectivity index (χ0v) is 8.46. The number of carbonyl (C=O) groups excluding carboxylic acids is 2. The molecule has 2 fully saturated rings. The molecular weight excluding hydrogens is 280 g/mol. The van der Waals surface area contributed by atoms with Crippen molar-refractivity contribution in [2.75, 3.05) is 0 Å². The molecule has 2 rings (SSSR count). The molecule has 0 aromatic carbocycles. The van der Waals surface area contributed by atoms with Crippen LogP contribution in [0.3, 0.4) is 0 Å². The average Bonchev–Trinajstić information content (AvgIpc) is 2.21. The van der Waals surface area contributed by atoms with Gasteiger partial charge in [-0.1, -0.05) is 31.9 Å². The number of hydrogen-bond acceptors (Lipinski definition) is 3. The predicted octanol–water partition coefficient (Wildman–Crippen LogP) is 0.843. The van der Waals surface area contributed by atoms with Crippen molar-refractivity contribution < 1.29 is 14.3 Å². The summed E-state index contributed by atoms with van der Waals surface area (Å²) in [5.41, 5.74) is 0. The van der Waals surface area contributed by atoms with Crippen LogP contribution in [0.1, 0.15) is 0 Å². The number of carbonyl (C=O) groups is 2. The highest BCUT2D eigenvalue weighted by Gasteiger charge is 2.62. The molecule has 60 valence electrons. The van der Waals surface area contributed by atoms with Crippen LogP contribution in [0, 0.1) is 11.8 Å². The van der Waals surface area contributed by atoms with E-state index in [1.807, 2.05) is 0 Å². The normalized spacial score (nSPS) is 48.2. The topological polar surface area (TPSA) is 43.4 Å². The SMILES string of the molecule is O=C1OC(=O)C2C(Br)C(Br)C12. The molecule has 0 radical (unpaired) electrons. The van der Waals surface area contributed by atoms with Gasteiger partial charge in [-0.05, 0) is 0 Å². The minimum Gasteiger partial charge on any atom is -0.393 e. The molecule has 1 saturated heterocycles. The summed E-state index contributed by atoms with van der Waals surface area (Å²) in [6.45, 7) is 0. The van der Waals surface area contributed by atoms with Crippen molar-refractivity contribution in [2.24, 2.45) is 11.8 Å². The van der Waals surface area contributed by atoms with E-state index in [9.17, 15) is 9.59 Å². The molecule has 4 atom stereocenters. The minimum atomic E-state index is -0.391. The molecule has 0 bridgehead atoms. The van der Waals surface area contributed by atoms with E-state index in [0.29, 0.717) is 0 Å². The van der Waals surface area contributed by atoms with Crippen molar-refractivity contribution >= 4 is 43.8 Å². The number of ether oxygens (including phenoxy) is 1. The third-order valence-corrected chi connectivity index (χ3v) is 5.11. The van der Waals surface area contributed by atoms with Crippen molar-refractivity contribution in [1.29, 1.82) is 0 Å². The average molecular weight is 284 g/mol. The molecule has 0 aromatic heterocycles. The summed E-state index contributed by atoms with van der Waals surface area (Å²) in [5.74, 6) is -1.30. The Kier molecular flexibility index (Phi) is 1.61. The van der Waals surface area contributed by atoms with E-state index in [1.165, 1.54) is 0 Å². The van der Waals surface area contributed by atoms with Gasteiger partial charge in [0.05, 0.1) is 11.8 Å². The lowest BCUT2D eigenvalue weighted by atomic mass is 9.75. The maximum absolute atomic E-state index is 10.9. The molecule has 4 unspecified atom stereocenters. The Morgan fingerprint density at radius 3 is 1.73 bits per heavy atom. The summed E-state index contributed by atoms with van der Waals surface area (Å²) in [4.78, 5) is 21.9. The number of rotatable bonds is 0. The Labute approximate surface area is 79.7 Å². The Morgan fingerprint density at radius 2 is 1.36 bits per heavy atom. The molecule has 2 aliphatic rings. The molecule has 1 aliphatic heterocycles. The van der Waals surface area contributed by atoms with Crippen LogP contribution >= 0.6 is 31.9 Å². The van der Waals surface area contributed by atoms with Crippen LogP contribution in [-0.2, 0) is 14.3 Å². The molecule has 1 heterocycles. The quantitative estimate of drug-likeness (QED) is 0.376. The van der Waals surface area contributed by atoms with Gasteiger partial charge in [0, 0.05) is 9.65 Å². The van der Waals surface area contributed by atoms with Crippen molar-refractivity contribution in [1.82, 2.24) is 0 Å². The summed E-state index contributed by atoms with van der Waals surface area (Å²) in [6.07, 6.45) is 0. The van der Waals surface area contributed by atoms with Crippen molar-refractivity contribution in [3.05, 3.63) is 0 Å². The Balaban J connectivity index is 2.26. The number of fused-ring (bicyclic) bond motifs is 1. The fourth-order valence-electron chi connectivity index (χ4n) is 1.44. The van der Waals surface area contributed by atoms with Gasteiger partial charge >= 0.3 is 11.9 Å². The lowest BCUT2D eigenvalue weighted by Crippen LogP contribution is -2.50. The van der Waals surface area contributed by atoms with Crippen LogP contribution in [-0.4, -0.2) is 21.6 Å². The van der Waals surface area contributed by atoms with E-state index < -0.39 is 11.9 Å². The summed E-state index contributed by atoms with van der Waals surface area (Å²) in [6, 6.07) is 0. The van der Waals surface area contributed by atoms with Crippen LogP contribution in [0.5, 0.6) is 0 Å². The molecular formula is C6H4Br2O3. The van der Waals surface area contributed by atoms with Crippen molar-refractivity contribution in [3.8, 4) is 0 Å². The number of halogens is 2. The number of esters is 2. The molecule has 0 N–H and O–H groups in total. The zero-order valence-electron chi connectivity index (χ0n) is 5.29. The van der Waals surface area contributed by atoms with Gasteiger partial charge in [-0.2, -0.15) is 0 Å². The first-order valence-corrected chi connectivity index (χ1v) is 4.99. The predicted molar refractivity (Wildman–Crippen MR) is 43.5 cm³/mol. The van der Waals surface area contributed by atoms with Gasteiger partial charge < -0.3 is 4.74 Å². The fraction of sp³-hybridized carbons (Fsp3) is 0.667. The third kappa shape index (κ3) is 0.839. The van der Waals surface area contributed by atoms with Gasteiger partial charge in [0.15, 0.2) is 0 Å². The van der Waals surface area contributed by atoms with E-state index in [-0.39, 0.29) is 21.5 Å². The first kappa shape index (κ1) is 7.73. The van der Waals surface area contributed by atoms with Gasteiger partial charge in [0.25, 0.3) is 0 Å². The van der Waals surface area contributed by atoms with E-state index in [4.69, 9.17) is 0 Å². The highest BCUT2D eigenvalue weighted by atomic mass is 79.9. The Hall–Kier alpha value is 0.1000. The van der Waals surface area contributed by atoms with E-state index in [1.54, 1.807) is 0 Å². The molecule has 3 nitrogen and oxygen atoms in total. The molecule has 5 heteroatoms. The Morgan fingerprint density at radius 1 is 1.00 bits per heavy atom. The maximum atomic E-state index is 10.9. The van der Waals surface area contributed by atoms with Gasteiger partial charge in [-0.25, -0.2) is 0 Å². The summed E-state index contributed by atoms with van der Waals surface area (Å²) in [5, 5.41) is 0. The van der Waals surface area contributed by atoms with Crippen LogP contribution in [0.2, 0.25) is 0 Å². The fourth-order valence-corrected chi connectivity index (χ4v) is 3.18. The maximum Gasteiger partial charge on any atom is 0.318 e. The van der Waals surface area contributed by atoms with Gasteiger partial charge in [-0.3, -0.25) is 9.59 Å². The summed E-state index contributed by atoms with van der Waals surface area (Å²) >= 11 is 6.60. The van der Waals surface area contributed by atoms with Gasteiger partial charge in [0.1, 0.15) is 0 Å². The number of alkyl halides is 2. The second-order valence-electron chi connectivity index (χ2n) is 2.68. The van der Waals surface area contributed by atoms with Crippen LogP contribution < -0.4 is 0 Å². The molecule has 0 amide bonds. The second kappa shape index (κ2) is 2.29. The molecule has 1 aliphatic carbocycles. The molecule has 0 spiro atoms. The van der Waals surface area contributed by atoms with E-state index in [0.717, 1.165) is 0 Å². The first-order chi connectivity index (χ1) is 5.13. The highest BCUT2D eigenvalue weighted by molar-refractivity contribution is 9.12. The van der Waals surface area contributed by atoms with Crippen LogP contribution in [0.15, 0.2) is 0 Å². The molecule has 1 saturated carbocycles. The third-order valence-electron chi connectivity index (χ3n) is 2.12. The monoisotopic (exact) mass is 282 g/mol. The zero-order chi connectivity index (χ0) is 8.17. The first-order valence-electron chi connectivity index (χ1n) is 3.16. The van der Waals surface area contributed by atoms with Crippen LogP contribution in [0.25, 0.3) is 0 Å². The second-order valence-corrected chi connectivity index (χ2v) is 4.80. The summed E-state index contributed by atoms with van der Waals surface area (Å²) in [7, 11) is 0. The standard InChI is InChI=1S/C6H4Br2O3/c7-3-1-2(4(3)8)6(10)11-5(1)9/h1-4H. The Bertz CT molecular complexity index is 216. The van der Waals surface area contributed by atoms with Crippen molar-refractivity contribution in [3.63, 3.8) is 0 Å². The molecule has 0 aromatic rings. The van der Waals surface area contributed by atoms with Gasteiger partial charge in [0.2, 0.25) is 0 Å². The lowest BCUT2D eigenvalue weighted by molar-refractivity contribution is -0.153. The number of cyclic esters (lactones) is 2. The largest absolute Gasteiger partial charge is 0.393 e. The lowest BCUT2D eigenvalue weighted by Gasteiger charge is -2.36. The van der Waals surface area contributed by atoms with Gasteiger partial charge in [-0.15, -0.1) is 0 Å². The highest BCUT2D eigenvalue weighted by Crippen LogP contribution is 2.49. The van der Waals surface area contributed by atoms with Crippen molar-refractivity contribution in [2.45, 2.75) is 9.65 Å². The smallest absolute Gasteiger partial charge is 0.318 e. The summed E-state index contributed by atoms with van der Waals surface area (Å²) < 4.78 is 4.45.